The van der Waals surface area contributed by atoms with Crippen molar-refractivity contribution in [2.45, 2.75) is 6.42 Å². The lowest BCUT2D eigenvalue weighted by Crippen LogP contribution is -2.16. The zero-order chi connectivity index (χ0) is 17.1. The summed E-state index contributed by atoms with van der Waals surface area (Å²) in [5, 5.41) is 2.68. The summed E-state index contributed by atoms with van der Waals surface area (Å²) in [5.41, 5.74) is 3.69. The van der Waals surface area contributed by atoms with Crippen LogP contribution in [0.2, 0.25) is 0 Å². The molecule has 0 fully saturated rings. The first kappa shape index (κ1) is 15.0. The third kappa shape index (κ3) is 3.37. The number of carbonyl (C=O) groups is 1. The number of benzene rings is 2. The van der Waals surface area contributed by atoms with Gasteiger partial charge in [-0.25, -0.2) is 15.0 Å². The molecule has 0 aliphatic rings. The van der Waals surface area contributed by atoms with E-state index in [1.54, 1.807) is 18.5 Å². The monoisotopic (exact) mass is 329 g/mol. The quantitative estimate of drug-likeness (QED) is 0.602. The number of amides is 1. The van der Waals surface area contributed by atoms with Crippen LogP contribution >= 0.6 is 0 Å². The second-order valence-electron chi connectivity index (χ2n) is 5.60. The Morgan fingerprint density at radius 1 is 1.00 bits per heavy atom. The number of nitrogens with zero attached hydrogens (tertiary/aromatic N) is 3. The highest BCUT2D eigenvalue weighted by Gasteiger charge is 2.09. The average molecular weight is 329 g/mol. The van der Waals surface area contributed by atoms with E-state index in [9.17, 15) is 4.79 Å². The Kier molecular flexibility index (Phi) is 3.92. The number of rotatable bonds is 4. The zero-order valence-corrected chi connectivity index (χ0v) is 13.3. The van der Waals surface area contributed by atoms with Gasteiger partial charge in [0.15, 0.2) is 0 Å². The molecule has 25 heavy (non-hydrogen) atoms. The van der Waals surface area contributed by atoms with Crippen LogP contribution in [0.3, 0.4) is 0 Å². The van der Waals surface area contributed by atoms with Gasteiger partial charge in [-0.15, -0.1) is 0 Å². The molecule has 2 aromatic carbocycles. The summed E-state index contributed by atoms with van der Waals surface area (Å²) in [6.07, 6.45) is 3.42. The number of hydrogen-bond acceptors (Lipinski definition) is 4. The van der Waals surface area contributed by atoms with Crippen molar-refractivity contribution in [3.05, 3.63) is 72.6 Å². The predicted octanol–water partition coefficient (Wildman–Crippen LogP) is 3.20. The van der Waals surface area contributed by atoms with Crippen molar-refractivity contribution in [2.75, 3.05) is 5.32 Å². The Labute approximate surface area is 144 Å². The van der Waals surface area contributed by atoms with Gasteiger partial charge in [-0.2, -0.15) is 0 Å². The molecular formula is C19H15N5O. The Morgan fingerprint density at radius 3 is 2.60 bits per heavy atom. The number of aromatic amines is 1. The molecule has 0 unspecified atom stereocenters. The van der Waals surface area contributed by atoms with Crippen LogP contribution in [0, 0.1) is 0 Å². The van der Waals surface area contributed by atoms with E-state index in [1.807, 2.05) is 48.5 Å². The minimum atomic E-state index is -0.159. The number of nitrogens with one attached hydrogen (secondary N) is 2. The molecule has 0 aliphatic heterocycles. The molecule has 0 saturated heterocycles. The molecule has 1 amide bonds. The topological polar surface area (TPSA) is 83.6 Å². The Balaban J connectivity index is 1.54. The lowest BCUT2D eigenvalue weighted by Gasteiger charge is -2.03. The minimum absolute atomic E-state index is 0.159. The van der Waals surface area contributed by atoms with E-state index >= 15 is 0 Å². The number of anilines is 1. The molecule has 4 rings (SSSR count). The molecule has 0 radical (unpaired) electrons. The number of imidazole rings is 1. The van der Waals surface area contributed by atoms with E-state index in [-0.39, 0.29) is 12.3 Å². The molecule has 2 aromatic heterocycles. The molecule has 0 saturated carbocycles. The lowest BCUT2D eigenvalue weighted by molar-refractivity contribution is -0.115. The third-order valence-electron chi connectivity index (χ3n) is 3.78. The van der Waals surface area contributed by atoms with E-state index in [0.717, 1.165) is 28.0 Å². The van der Waals surface area contributed by atoms with Crippen LogP contribution < -0.4 is 5.32 Å². The molecule has 2 heterocycles. The number of H-pyrrole nitrogens is 1. The normalized spacial score (nSPS) is 10.7. The van der Waals surface area contributed by atoms with E-state index in [4.69, 9.17) is 0 Å². The van der Waals surface area contributed by atoms with Crippen molar-refractivity contribution >= 4 is 22.9 Å². The van der Waals surface area contributed by atoms with Gasteiger partial charge >= 0.3 is 0 Å². The van der Waals surface area contributed by atoms with Crippen LogP contribution in [-0.2, 0) is 11.2 Å². The largest absolute Gasteiger partial charge is 0.338 e. The molecule has 0 atom stereocenters. The van der Waals surface area contributed by atoms with Gasteiger partial charge in [0.05, 0.1) is 17.5 Å². The fourth-order valence-electron chi connectivity index (χ4n) is 2.62. The summed E-state index contributed by atoms with van der Waals surface area (Å²) < 4.78 is 0. The molecule has 6 heteroatoms. The molecule has 4 aromatic rings. The molecule has 6 nitrogen and oxygen atoms in total. The van der Waals surface area contributed by atoms with Crippen molar-refractivity contribution in [1.82, 2.24) is 19.9 Å². The Bertz CT molecular complexity index is 1010. The van der Waals surface area contributed by atoms with Gasteiger partial charge in [-0.1, -0.05) is 36.4 Å². The fourth-order valence-corrected chi connectivity index (χ4v) is 2.62. The average Bonchev–Trinajstić information content (AvgIpc) is 3.06. The summed E-state index contributed by atoms with van der Waals surface area (Å²) >= 11 is 0. The first-order valence-electron chi connectivity index (χ1n) is 7.89. The smallest absolute Gasteiger partial charge is 0.231 e. The number of hydrogen-bond donors (Lipinski definition) is 2. The number of aromatic nitrogens is 4. The SMILES string of the molecule is O=C(Cc1ccc2nc(-c3ccccc3)[nH]c2c1)Nc1ncccn1. The summed E-state index contributed by atoms with van der Waals surface area (Å²) in [6, 6.07) is 17.4. The molecule has 0 bridgehead atoms. The van der Waals surface area contributed by atoms with Crippen LogP contribution in [0.25, 0.3) is 22.4 Å². The molecule has 2 N–H and O–H groups in total. The van der Waals surface area contributed by atoms with Gasteiger partial charge in [-0.3, -0.25) is 10.1 Å². The maximum atomic E-state index is 12.1. The summed E-state index contributed by atoms with van der Waals surface area (Å²) in [4.78, 5) is 28.0. The number of carbonyl (C=O) groups excluding carboxylic acids is 1. The Morgan fingerprint density at radius 2 is 1.80 bits per heavy atom. The van der Waals surface area contributed by atoms with Gasteiger partial charge in [0.2, 0.25) is 11.9 Å². The van der Waals surface area contributed by atoms with E-state index < -0.39 is 0 Å². The van der Waals surface area contributed by atoms with Crippen molar-refractivity contribution in [3.63, 3.8) is 0 Å². The maximum Gasteiger partial charge on any atom is 0.231 e. The van der Waals surface area contributed by atoms with E-state index in [0.29, 0.717) is 5.95 Å². The molecule has 0 spiro atoms. The second-order valence-corrected chi connectivity index (χ2v) is 5.60. The van der Waals surface area contributed by atoms with E-state index in [2.05, 4.69) is 25.3 Å². The first-order valence-corrected chi connectivity index (χ1v) is 7.89. The highest BCUT2D eigenvalue weighted by Crippen LogP contribution is 2.21. The minimum Gasteiger partial charge on any atom is -0.338 e. The fraction of sp³-hybridized carbons (Fsp3) is 0.0526. The zero-order valence-electron chi connectivity index (χ0n) is 13.3. The highest BCUT2D eigenvalue weighted by atomic mass is 16.1. The summed E-state index contributed by atoms with van der Waals surface area (Å²) in [5.74, 6) is 0.963. The van der Waals surface area contributed by atoms with Crippen LogP contribution in [0.5, 0.6) is 0 Å². The standard InChI is InChI=1S/C19H15N5O/c25-17(24-19-20-9-4-10-21-19)12-13-7-8-15-16(11-13)23-18(22-15)14-5-2-1-3-6-14/h1-11H,12H2,(H,22,23)(H,20,21,24,25). The van der Waals surface area contributed by atoms with Crippen molar-refractivity contribution in [2.24, 2.45) is 0 Å². The van der Waals surface area contributed by atoms with Crippen molar-refractivity contribution in [3.8, 4) is 11.4 Å². The van der Waals surface area contributed by atoms with Gasteiger partial charge < -0.3 is 4.98 Å². The predicted molar refractivity (Wildman–Crippen MR) is 95.9 cm³/mol. The molecule has 122 valence electrons. The van der Waals surface area contributed by atoms with Crippen molar-refractivity contribution in [1.29, 1.82) is 0 Å². The summed E-state index contributed by atoms with van der Waals surface area (Å²) in [6.45, 7) is 0. The van der Waals surface area contributed by atoms with Gasteiger partial charge in [0, 0.05) is 18.0 Å². The first-order chi connectivity index (χ1) is 12.3. The number of fused-ring (bicyclic) bond motifs is 1. The lowest BCUT2D eigenvalue weighted by atomic mass is 10.1. The van der Waals surface area contributed by atoms with Crippen molar-refractivity contribution < 1.29 is 4.79 Å². The molecular weight excluding hydrogens is 314 g/mol. The van der Waals surface area contributed by atoms with E-state index in [1.165, 1.54) is 0 Å². The van der Waals surface area contributed by atoms with Crippen LogP contribution in [0.15, 0.2) is 67.0 Å². The van der Waals surface area contributed by atoms with Crippen LogP contribution in [0.4, 0.5) is 5.95 Å². The van der Waals surface area contributed by atoms with Gasteiger partial charge in [-0.05, 0) is 23.8 Å². The third-order valence-corrected chi connectivity index (χ3v) is 3.78. The maximum absolute atomic E-state index is 12.1. The molecule has 0 aliphatic carbocycles. The highest BCUT2D eigenvalue weighted by molar-refractivity contribution is 5.91. The summed E-state index contributed by atoms with van der Waals surface area (Å²) in [7, 11) is 0. The second kappa shape index (κ2) is 6.52. The van der Waals surface area contributed by atoms with Crippen LogP contribution in [0.1, 0.15) is 5.56 Å². The van der Waals surface area contributed by atoms with Crippen LogP contribution in [-0.4, -0.2) is 25.8 Å². The van der Waals surface area contributed by atoms with Gasteiger partial charge in [0.25, 0.3) is 0 Å². The Hall–Kier alpha value is -3.54. The van der Waals surface area contributed by atoms with Gasteiger partial charge in [0.1, 0.15) is 5.82 Å².